The summed E-state index contributed by atoms with van der Waals surface area (Å²) in [5.41, 5.74) is 5.63. The number of hydrogen-bond donors (Lipinski definition) is 0. The molecule has 1 fully saturated rings. The number of likely N-dealkylation sites (tertiary alicyclic amines) is 1. The van der Waals surface area contributed by atoms with Crippen molar-refractivity contribution in [3.05, 3.63) is 41.0 Å². The quantitative estimate of drug-likeness (QED) is 0.771. The molecule has 0 radical (unpaired) electrons. The van der Waals surface area contributed by atoms with Gasteiger partial charge in [-0.25, -0.2) is 4.79 Å². The lowest BCUT2D eigenvalue weighted by Crippen LogP contribution is -2.39. The van der Waals surface area contributed by atoms with Crippen molar-refractivity contribution in [2.45, 2.75) is 26.2 Å². The zero-order valence-electron chi connectivity index (χ0n) is 11.5. The van der Waals surface area contributed by atoms with Crippen molar-refractivity contribution in [3.63, 3.8) is 0 Å². The summed E-state index contributed by atoms with van der Waals surface area (Å²) in [7, 11) is 0. The number of allylic oxidation sites excluding steroid dienone is 1. The maximum Gasteiger partial charge on any atom is 0.409 e. The Morgan fingerprint density at radius 1 is 1.42 bits per heavy atom. The molecule has 1 aromatic rings. The van der Waals surface area contributed by atoms with E-state index in [1.165, 1.54) is 22.3 Å². The molecule has 0 bridgehead atoms. The Morgan fingerprint density at radius 2 is 2.21 bits per heavy atom. The van der Waals surface area contributed by atoms with Gasteiger partial charge in [0.05, 0.1) is 6.61 Å². The number of ether oxygens (including phenoxy) is 1. The van der Waals surface area contributed by atoms with Crippen molar-refractivity contribution >= 4 is 11.7 Å². The Bertz CT molecular complexity index is 547. The summed E-state index contributed by atoms with van der Waals surface area (Å²) in [6.45, 7) is 6.02. The standard InChI is InChI=1S/C16H19NO2/c1-3-19-16(18)17-9-8-13-11(2)12-6-4-5-7-14(12)15(13)10-17/h4-7,15H,3,8-10H2,1-2H3. The van der Waals surface area contributed by atoms with Gasteiger partial charge in [-0.3, -0.25) is 0 Å². The van der Waals surface area contributed by atoms with E-state index in [9.17, 15) is 4.79 Å². The Morgan fingerprint density at radius 3 is 3.00 bits per heavy atom. The highest BCUT2D eigenvalue weighted by molar-refractivity contribution is 5.78. The van der Waals surface area contributed by atoms with E-state index in [-0.39, 0.29) is 6.09 Å². The van der Waals surface area contributed by atoms with Gasteiger partial charge in [0.2, 0.25) is 0 Å². The van der Waals surface area contributed by atoms with Crippen LogP contribution >= 0.6 is 0 Å². The van der Waals surface area contributed by atoms with E-state index in [0.29, 0.717) is 12.5 Å². The first-order valence-corrected chi connectivity index (χ1v) is 6.93. The summed E-state index contributed by atoms with van der Waals surface area (Å²) in [6, 6.07) is 8.54. The monoisotopic (exact) mass is 257 g/mol. The normalized spacial score (nSPS) is 21.2. The van der Waals surface area contributed by atoms with E-state index in [1.54, 1.807) is 0 Å². The molecule has 0 N–H and O–H groups in total. The third kappa shape index (κ3) is 1.93. The van der Waals surface area contributed by atoms with Gasteiger partial charge in [-0.05, 0) is 37.0 Å². The van der Waals surface area contributed by atoms with Gasteiger partial charge >= 0.3 is 6.09 Å². The zero-order valence-corrected chi connectivity index (χ0v) is 11.5. The number of nitrogens with zero attached hydrogens (tertiary/aromatic N) is 1. The van der Waals surface area contributed by atoms with Crippen LogP contribution in [0.25, 0.3) is 5.57 Å². The van der Waals surface area contributed by atoms with Gasteiger partial charge in [0.25, 0.3) is 0 Å². The summed E-state index contributed by atoms with van der Waals surface area (Å²) < 4.78 is 5.12. The van der Waals surface area contributed by atoms with E-state index in [2.05, 4.69) is 31.2 Å². The molecule has 2 aliphatic rings. The van der Waals surface area contributed by atoms with Gasteiger partial charge in [0, 0.05) is 19.0 Å². The summed E-state index contributed by atoms with van der Waals surface area (Å²) in [5.74, 6) is 0.370. The average molecular weight is 257 g/mol. The van der Waals surface area contributed by atoms with Crippen LogP contribution < -0.4 is 0 Å². The molecule has 0 spiro atoms. The molecular weight excluding hydrogens is 238 g/mol. The van der Waals surface area contributed by atoms with Crippen LogP contribution in [0.15, 0.2) is 29.8 Å². The molecule has 0 aromatic heterocycles. The number of carbonyl (C=O) groups is 1. The van der Waals surface area contributed by atoms with Gasteiger partial charge in [-0.15, -0.1) is 0 Å². The Balaban J connectivity index is 1.88. The first-order valence-electron chi connectivity index (χ1n) is 6.93. The highest BCUT2D eigenvalue weighted by Gasteiger charge is 2.35. The molecular formula is C16H19NO2. The van der Waals surface area contributed by atoms with Gasteiger partial charge in [-0.2, -0.15) is 0 Å². The number of fused-ring (bicyclic) bond motifs is 3. The molecule has 100 valence electrons. The minimum Gasteiger partial charge on any atom is -0.450 e. The fraction of sp³-hybridized carbons (Fsp3) is 0.438. The molecule has 0 saturated carbocycles. The second kappa shape index (κ2) is 4.72. The summed E-state index contributed by atoms with van der Waals surface area (Å²) in [6.07, 6.45) is 0.785. The highest BCUT2D eigenvalue weighted by atomic mass is 16.6. The van der Waals surface area contributed by atoms with Crippen molar-refractivity contribution in [1.29, 1.82) is 0 Å². The average Bonchev–Trinajstić information content (AvgIpc) is 2.73. The molecule has 3 heteroatoms. The lowest BCUT2D eigenvalue weighted by molar-refractivity contribution is 0.102. The summed E-state index contributed by atoms with van der Waals surface area (Å²) in [4.78, 5) is 13.7. The molecule has 1 aliphatic carbocycles. The largest absolute Gasteiger partial charge is 0.450 e. The van der Waals surface area contributed by atoms with Crippen molar-refractivity contribution in [2.75, 3.05) is 19.7 Å². The molecule has 19 heavy (non-hydrogen) atoms. The number of carbonyl (C=O) groups excluding carboxylic acids is 1. The van der Waals surface area contributed by atoms with Crippen LogP contribution in [-0.4, -0.2) is 30.7 Å². The molecule has 1 saturated heterocycles. The number of benzene rings is 1. The predicted molar refractivity (Wildman–Crippen MR) is 75.0 cm³/mol. The minimum atomic E-state index is -0.177. The van der Waals surface area contributed by atoms with Crippen LogP contribution in [0.3, 0.4) is 0 Å². The maximum atomic E-state index is 11.9. The van der Waals surface area contributed by atoms with Crippen LogP contribution in [0, 0.1) is 0 Å². The third-order valence-electron chi connectivity index (χ3n) is 4.22. The number of amides is 1. The van der Waals surface area contributed by atoms with Crippen molar-refractivity contribution in [2.24, 2.45) is 0 Å². The smallest absolute Gasteiger partial charge is 0.409 e. The zero-order chi connectivity index (χ0) is 13.4. The minimum absolute atomic E-state index is 0.177. The van der Waals surface area contributed by atoms with Crippen LogP contribution in [-0.2, 0) is 4.74 Å². The molecule has 1 unspecified atom stereocenters. The number of rotatable bonds is 1. The molecule has 1 aromatic carbocycles. The third-order valence-corrected chi connectivity index (χ3v) is 4.22. The molecule has 1 amide bonds. The van der Waals surface area contributed by atoms with Crippen LogP contribution in [0.1, 0.15) is 37.3 Å². The molecule has 1 heterocycles. The molecule has 1 atom stereocenters. The fourth-order valence-electron chi connectivity index (χ4n) is 3.28. The topological polar surface area (TPSA) is 29.5 Å². The second-order valence-corrected chi connectivity index (χ2v) is 5.19. The molecule has 3 rings (SSSR count). The SMILES string of the molecule is CCOC(=O)N1CCC2=C(C)c3ccccc3C2C1. The van der Waals surface area contributed by atoms with E-state index in [1.807, 2.05) is 11.8 Å². The predicted octanol–water partition coefficient (Wildman–Crippen LogP) is 3.42. The van der Waals surface area contributed by atoms with Gasteiger partial charge in [0.15, 0.2) is 0 Å². The van der Waals surface area contributed by atoms with Gasteiger partial charge < -0.3 is 9.64 Å². The van der Waals surface area contributed by atoms with Crippen molar-refractivity contribution in [1.82, 2.24) is 4.90 Å². The van der Waals surface area contributed by atoms with E-state index < -0.39 is 0 Å². The van der Waals surface area contributed by atoms with Gasteiger partial charge in [0.1, 0.15) is 0 Å². The summed E-state index contributed by atoms with van der Waals surface area (Å²) >= 11 is 0. The Labute approximate surface area is 113 Å². The van der Waals surface area contributed by atoms with Crippen molar-refractivity contribution < 1.29 is 9.53 Å². The molecule has 3 nitrogen and oxygen atoms in total. The maximum absolute atomic E-state index is 11.9. The van der Waals surface area contributed by atoms with Crippen molar-refractivity contribution in [3.8, 4) is 0 Å². The van der Waals surface area contributed by atoms with E-state index in [0.717, 1.165) is 19.5 Å². The molecule has 1 aliphatic heterocycles. The first-order chi connectivity index (χ1) is 9.22. The Kier molecular flexibility index (Phi) is 3.05. The number of piperidine rings is 1. The van der Waals surface area contributed by atoms with E-state index in [4.69, 9.17) is 4.74 Å². The number of hydrogen-bond acceptors (Lipinski definition) is 2. The van der Waals surface area contributed by atoms with Gasteiger partial charge in [-0.1, -0.05) is 29.8 Å². The highest BCUT2D eigenvalue weighted by Crippen LogP contribution is 2.45. The lowest BCUT2D eigenvalue weighted by Gasteiger charge is -2.32. The lowest BCUT2D eigenvalue weighted by atomic mass is 9.90. The van der Waals surface area contributed by atoms with Crippen LogP contribution in [0.2, 0.25) is 0 Å². The fourth-order valence-corrected chi connectivity index (χ4v) is 3.28. The van der Waals surface area contributed by atoms with Crippen LogP contribution in [0.5, 0.6) is 0 Å². The Hall–Kier alpha value is -1.77. The van der Waals surface area contributed by atoms with Crippen LogP contribution in [0.4, 0.5) is 4.79 Å². The summed E-state index contributed by atoms with van der Waals surface area (Å²) in [5, 5.41) is 0. The first kappa shape index (κ1) is 12.3. The second-order valence-electron chi connectivity index (χ2n) is 5.19. The van der Waals surface area contributed by atoms with E-state index >= 15 is 0 Å².